The Balaban J connectivity index is 1.86. The summed E-state index contributed by atoms with van der Waals surface area (Å²) in [5.41, 5.74) is 3.77. The molecule has 0 spiro atoms. The second-order valence-electron chi connectivity index (χ2n) is 5.77. The Labute approximate surface area is 115 Å². The first-order valence-electron chi connectivity index (χ1n) is 7.15. The Hall–Kier alpha value is -1.35. The van der Waals surface area contributed by atoms with E-state index < -0.39 is 0 Å². The Morgan fingerprint density at radius 1 is 1.37 bits per heavy atom. The van der Waals surface area contributed by atoms with Crippen LogP contribution in [0.4, 0.5) is 0 Å². The van der Waals surface area contributed by atoms with Crippen molar-refractivity contribution in [3.8, 4) is 0 Å². The minimum atomic E-state index is 0.0845. The summed E-state index contributed by atoms with van der Waals surface area (Å²) in [7, 11) is 0. The highest BCUT2D eigenvalue weighted by molar-refractivity contribution is 5.78. The lowest BCUT2D eigenvalue weighted by atomic mass is 9.98. The molecule has 1 aromatic carbocycles. The molecule has 1 saturated carbocycles. The summed E-state index contributed by atoms with van der Waals surface area (Å²) in [4.78, 5) is 11.7. The van der Waals surface area contributed by atoms with Gasteiger partial charge >= 0.3 is 0 Å². The van der Waals surface area contributed by atoms with Crippen molar-refractivity contribution in [1.82, 2.24) is 10.6 Å². The third-order valence-electron chi connectivity index (χ3n) is 3.64. The van der Waals surface area contributed by atoms with Gasteiger partial charge in [-0.3, -0.25) is 4.79 Å². The maximum atomic E-state index is 11.7. The molecule has 0 aromatic heterocycles. The number of benzene rings is 1. The predicted octanol–water partition coefficient (Wildman–Crippen LogP) is 2.49. The van der Waals surface area contributed by atoms with Crippen LogP contribution in [0.15, 0.2) is 18.2 Å². The summed E-state index contributed by atoms with van der Waals surface area (Å²) in [6.07, 6.45) is 2.42. The smallest absolute Gasteiger partial charge is 0.234 e. The van der Waals surface area contributed by atoms with Crippen LogP contribution in [0.2, 0.25) is 0 Å². The van der Waals surface area contributed by atoms with Gasteiger partial charge in [-0.05, 0) is 42.4 Å². The van der Waals surface area contributed by atoms with Gasteiger partial charge in [-0.1, -0.05) is 32.0 Å². The van der Waals surface area contributed by atoms with E-state index in [4.69, 9.17) is 0 Å². The van der Waals surface area contributed by atoms with Crippen LogP contribution in [-0.2, 0) is 11.3 Å². The monoisotopic (exact) mass is 260 g/mol. The SMILES string of the molecule is Cc1ccc(C(C)C)cc1CNC(=O)CNC1CC1. The lowest BCUT2D eigenvalue weighted by Crippen LogP contribution is -2.34. The van der Waals surface area contributed by atoms with Crippen molar-refractivity contribution in [3.05, 3.63) is 34.9 Å². The van der Waals surface area contributed by atoms with Crippen molar-refractivity contribution in [2.45, 2.75) is 52.1 Å². The first-order chi connectivity index (χ1) is 9.06. The molecule has 0 atom stereocenters. The van der Waals surface area contributed by atoms with Crippen molar-refractivity contribution in [2.75, 3.05) is 6.54 Å². The highest BCUT2D eigenvalue weighted by Gasteiger charge is 2.20. The molecule has 3 heteroatoms. The van der Waals surface area contributed by atoms with E-state index in [1.807, 2.05) is 0 Å². The number of amides is 1. The normalized spacial score (nSPS) is 14.7. The minimum absolute atomic E-state index is 0.0845. The number of hydrogen-bond donors (Lipinski definition) is 2. The molecule has 3 nitrogen and oxygen atoms in total. The summed E-state index contributed by atoms with van der Waals surface area (Å²) in [6.45, 7) is 7.53. The molecule has 2 N–H and O–H groups in total. The van der Waals surface area contributed by atoms with E-state index in [2.05, 4.69) is 49.6 Å². The minimum Gasteiger partial charge on any atom is -0.351 e. The third-order valence-corrected chi connectivity index (χ3v) is 3.64. The Morgan fingerprint density at radius 2 is 2.11 bits per heavy atom. The molecule has 104 valence electrons. The van der Waals surface area contributed by atoms with Gasteiger partial charge < -0.3 is 10.6 Å². The van der Waals surface area contributed by atoms with Gasteiger partial charge in [0.15, 0.2) is 0 Å². The van der Waals surface area contributed by atoms with Gasteiger partial charge in [-0.15, -0.1) is 0 Å². The molecule has 0 radical (unpaired) electrons. The second kappa shape index (κ2) is 6.20. The van der Waals surface area contributed by atoms with Crippen LogP contribution in [0.1, 0.15) is 49.3 Å². The van der Waals surface area contributed by atoms with Gasteiger partial charge in [0, 0.05) is 12.6 Å². The van der Waals surface area contributed by atoms with Gasteiger partial charge in [-0.2, -0.15) is 0 Å². The average Bonchev–Trinajstić information content (AvgIpc) is 3.19. The van der Waals surface area contributed by atoms with E-state index in [1.54, 1.807) is 0 Å². The van der Waals surface area contributed by atoms with E-state index >= 15 is 0 Å². The molecular formula is C16H24N2O. The van der Waals surface area contributed by atoms with Crippen LogP contribution in [0.5, 0.6) is 0 Å². The Morgan fingerprint density at radius 3 is 2.74 bits per heavy atom. The molecule has 0 unspecified atom stereocenters. The molecule has 1 aliphatic rings. The highest BCUT2D eigenvalue weighted by Crippen LogP contribution is 2.19. The lowest BCUT2D eigenvalue weighted by molar-refractivity contribution is -0.120. The summed E-state index contributed by atoms with van der Waals surface area (Å²) in [5, 5.41) is 6.21. The van der Waals surface area contributed by atoms with E-state index in [0.717, 1.165) is 0 Å². The van der Waals surface area contributed by atoms with Crippen molar-refractivity contribution in [3.63, 3.8) is 0 Å². The maximum absolute atomic E-state index is 11.7. The second-order valence-corrected chi connectivity index (χ2v) is 5.77. The van der Waals surface area contributed by atoms with Crippen LogP contribution in [-0.4, -0.2) is 18.5 Å². The van der Waals surface area contributed by atoms with Gasteiger partial charge in [0.2, 0.25) is 5.91 Å². The topological polar surface area (TPSA) is 41.1 Å². The molecule has 1 fully saturated rings. The van der Waals surface area contributed by atoms with E-state index in [0.29, 0.717) is 25.0 Å². The largest absolute Gasteiger partial charge is 0.351 e. The van der Waals surface area contributed by atoms with Gasteiger partial charge in [0.1, 0.15) is 0 Å². The predicted molar refractivity (Wildman–Crippen MR) is 78.1 cm³/mol. The number of rotatable bonds is 6. The Bertz CT molecular complexity index is 450. The van der Waals surface area contributed by atoms with Crippen molar-refractivity contribution >= 4 is 5.91 Å². The number of carbonyl (C=O) groups excluding carboxylic acids is 1. The molecule has 19 heavy (non-hydrogen) atoms. The van der Waals surface area contributed by atoms with Gasteiger partial charge in [0.05, 0.1) is 6.54 Å². The quantitative estimate of drug-likeness (QED) is 0.825. The first-order valence-corrected chi connectivity index (χ1v) is 7.15. The van der Waals surface area contributed by atoms with Crippen LogP contribution in [0, 0.1) is 6.92 Å². The molecule has 2 rings (SSSR count). The molecule has 0 heterocycles. The number of hydrogen-bond acceptors (Lipinski definition) is 2. The fourth-order valence-electron chi connectivity index (χ4n) is 2.02. The van der Waals surface area contributed by atoms with Crippen LogP contribution < -0.4 is 10.6 Å². The van der Waals surface area contributed by atoms with Crippen molar-refractivity contribution in [2.24, 2.45) is 0 Å². The first kappa shape index (κ1) is 14.1. The number of aryl methyl sites for hydroxylation is 1. The van der Waals surface area contributed by atoms with Crippen LogP contribution >= 0.6 is 0 Å². The number of carbonyl (C=O) groups is 1. The molecule has 0 aliphatic heterocycles. The zero-order chi connectivity index (χ0) is 13.8. The summed E-state index contributed by atoms with van der Waals surface area (Å²) < 4.78 is 0. The summed E-state index contributed by atoms with van der Waals surface area (Å²) in [6, 6.07) is 7.09. The molecular weight excluding hydrogens is 236 g/mol. The third kappa shape index (κ3) is 4.35. The molecule has 0 saturated heterocycles. The van der Waals surface area contributed by atoms with Crippen molar-refractivity contribution < 1.29 is 4.79 Å². The van der Waals surface area contributed by atoms with Gasteiger partial charge in [0.25, 0.3) is 0 Å². The Kier molecular flexibility index (Phi) is 4.59. The van der Waals surface area contributed by atoms with Crippen LogP contribution in [0.3, 0.4) is 0 Å². The average molecular weight is 260 g/mol. The van der Waals surface area contributed by atoms with E-state index in [-0.39, 0.29) is 5.91 Å². The zero-order valence-electron chi connectivity index (χ0n) is 12.1. The maximum Gasteiger partial charge on any atom is 0.234 e. The highest BCUT2D eigenvalue weighted by atomic mass is 16.1. The summed E-state index contributed by atoms with van der Waals surface area (Å²) >= 11 is 0. The van der Waals surface area contributed by atoms with E-state index in [9.17, 15) is 4.79 Å². The molecule has 0 bridgehead atoms. The molecule has 1 amide bonds. The summed E-state index contributed by atoms with van der Waals surface area (Å²) in [5.74, 6) is 0.604. The standard InChI is InChI=1S/C16H24N2O/c1-11(2)13-5-4-12(3)14(8-13)9-18-16(19)10-17-15-6-7-15/h4-5,8,11,15,17H,6-7,9-10H2,1-3H3,(H,18,19). The molecule has 1 aliphatic carbocycles. The van der Waals surface area contributed by atoms with Crippen molar-refractivity contribution in [1.29, 1.82) is 0 Å². The lowest BCUT2D eigenvalue weighted by Gasteiger charge is -2.12. The number of nitrogens with one attached hydrogen (secondary N) is 2. The van der Waals surface area contributed by atoms with Gasteiger partial charge in [-0.25, -0.2) is 0 Å². The zero-order valence-corrected chi connectivity index (χ0v) is 12.1. The fraction of sp³-hybridized carbons (Fsp3) is 0.562. The van der Waals surface area contributed by atoms with Crippen LogP contribution in [0.25, 0.3) is 0 Å². The van der Waals surface area contributed by atoms with E-state index in [1.165, 1.54) is 29.5 Å². The fourth-order valence-corrected chi connectivity index (χ4v) is 2.02. The molecule has 1 aromatic rings.